The molecule has 0 aliphatic rings. The van der Waals surface area contributed by atoms with E-state index in [-0.39, 0.29) is 5.78 Å². The van der Waals surface area contributed by atoms with Gasteiger partial charge in [-0.15, -0.1) is 0 Å². The van der Waals surface area contributed by atoms with Gasteiger partial charge in [0.15, 0.2) is 17.3 Å². The second-order valence-corrected chi connectivity index (χ2v) is 4.13. The lowest BCUT2D eigenvalue weighted by Gasteiger charge is -2.20. The van der Waals surface area contributed by atoms with Crippen molar-refractivity contribution >= 4 is 5.78 Å². The molecule has 0 spiro atoms. The number of hydrogen-bond acceptors (Lipinski definition) is 4. The zero-order chi connectivity index (χ0) is 14.3. The minimum atomic E-state index is -0.588. The fraction of sp³-hybridized carbons (Fsp3) is 0.533. The molecule has 0 heterocycles. The second kappa shape index (κ2) is 7.79. The van der Waals surface area contributed by atoms with Crippen LogP contribution in [0.2, 0.25) is 0 Å². The first-order valence-electron chi connectivity index (χ1n) is 6.54. The van der Waals surface area contributed by atoms with Crippen molar-refractivity contribution in [1.82, 2.24) is 0 Å². The highest BCUT2D eigenvalue weighted by atomic mass is 16.5. The summed E-state index contributed by atoms with van der Waals surface area (Å²) in [5.41, 5.74) is 0.724. The molecule has 0 N–H and O–H groups in total. The normalized spacial score (nSPS) is 12.0. The van der Waals surface area contributed by atoms with Gasteiger partial charge in [0, 0.05) is 18.6 Å². The highest BCUT2D eigenvalue weighted by Gasteiger charge is 2.25. The Morgan fingerprint density at radius 1 is 1.21 bits per heavy atom. The van der Waals surface area contributed by atoms with Gasteiger partial charge >= 0.3 is 0 Å². The number of methoxy groups -OCH3 is 2. The van der Waals surface area contributed by atoms with Crippen LogP contribution in [-0.2, 0) is 9.53 Å². The van der Waals surface area contributed by atoms with Crippen LogP contribution >= 0.6 is 0 Å². The molecule has 0 aliphatic carbocycles. The molecule has 0 aromatic heterocycles. The minimum absolute atomic E-state index is 0.0657. The van der Waals surface area contributed by atoms with Gasteiger partial charge in [-0.1, -0.05) is 19.1 Å². The highest BCUT2D eigenvalue weighted by molar-refractivity contribution is 5.85. The molecule has 0 radical (unpaired) electrons. The molecule has 0 fully saturated rings. The summed E-state index contributed by atoms with van der Waals surface area (Å²) in [5, 5.41) is 0. The Bertz CT molecular complexity index is 415. The third-order valence-corrected chi connectivity index (χ3v) is 2.84. The molecule has 4 heteroatoms. The molecule has 0 saturated heterocycles. The first kappa shape index (κ1) is 15.5. The van der Waals surface area contributed by atoms with Gasteiger partial charge in [-0.2, -0.15) is 0 Å². The van der Waals surface area contributed by atoms with Crippen LogP contribution in [0.5, 0.6) is 11.5 Å². The van der Waals surface area contributed by atoms with Gasteiger partial charge in [0.05, 0.1) is 14.2 Å². The summed E-state index contributed by atoms with van der Waals surface area (Å²) in [7, 11) is 3.14. The number of Topliss-reactive ketones (excluding diaryl/α,β-unsaturated/α-hetero) is 1. The van der Waals surface area contributed by atoms with Gasteiger partial charge in [0.2, 0.25) is 0 Å². The molecule has 19 heavy (non-hydrogen) atoms. The van der Waals surface area contributed by atoms with E-state index in [1.807, 2.05) is 26.0 Å². The SMILES string of the molecule is CCCC(=O)C(OCC)c1cccc(OC)c1OC. The van der Waals surface area contributed by atoms with E-state index in [0.717, 1.165) is 12.0 Å². The van der Waals surface area contributed by atoms with E-state index in [4.69, 9.17) is 14.2 Å². The topological polar surface area (TPSA) is 44.8 Å². The zero-order valence-electron chi connectivity index (χ0n) is 12.1. The third-order valence-electron chi connectivity index (χ3n) is 2.84. The van der Waals surface area contributed by atoms with Crippen molar-refractivity contribution in [2.45, 2.75) is 32.8 Å². The molecular weight excluding hydrogens is 244 g/mol. The Labute approximate surface area is 114 Å². The monoisotopic (exact) mass is 266 g/mol. The number of ether oxygens (including phenoxy) is 3. The third kappa shape index (κ3) is 3.70. The van der Waals surface area contributed by atoms with Crippen LogP contribution in [0.1, 0.15) is 38.4 Å². The summed E-state index contributed by atoms with van der Waals surface area (Å²) in [4.78, 5) is 12.2. The maximum absolute atomic E-state index is 12.2. The lowest BCUT2D eigenvalue weighted by Crippen LogP contribution is -2.17. The van der Waals surface area contributed by atoms with Crippen molar-refractivity contribution in [3.63, 3.8) is 0 Å². The number of ketones is 1. The maximum Gasteiger partial charge on any atom is 0.166 e. The van der Waals surface area contributed by atoms with E-state index < -0.39 is 6.10 Å². The standard InChI is InChI=1S/C15H22O4/c1-5-8-12(16)14(19-6-2)11-9-7-10-13(17-3)15(11)18-4/h7,9-10,14H,5-6,8H2,1-4H3. The highest BCUT2D eigenvalue weighted by Crippen LogP contribution is 2.36. The van der Waals surface area contributed by atoms with E-state index in [9.17, 15) is 4.79 Å². The molecule has 0 amide bonds. The number of benzene rings is 1. The largest absolute Gasteiger partial charge is 0.493 e. The van der Waals surface area contributed by atoms with E-state index in [1.54, 1.807) is 20.3 Å². The molecule has 0 saturated carbocycles. The predicted molar refractivity (Wildman–Crippen MR) is 73.8 cm³/mol. The number of carbonyl (C=O) groups excluding carboxylic acids is 1. The molecule has 1 aromatic carbocycles. The van der Waals surface area contributed by atoms with Crippen molar-refractivity contribution in [2.24, 2.45) is 0 Å². The van der Waals surface area contributed by atoms with Gasteiger partial charge in [-0.05, 0) is 19.4 Å². The molecule has 1 aromatic rings. The smallest absolute Gasteiger partial charge is 0.166 e. The van der Waals surface area contributed by atoms with E-state index in [1.165, 1.54) is 0 Å². The Morgan fingerprint density at radius 2 is 1.95 bits per heavy atom. The fourth-order valence-corrected chi connectivity index (χ4v) is 2.02. The molecule has 1 unspecified atom stereocenters. The summed E-state index contributed by atoms with van der Waals surface area (Å²) in [6, 6.07) is 5.48. The number of para-hydroxylation sites is 1. The minimum Gasteiger partial charge on any atom is -0.493 e. The molecule has 1 atom stereocenters. The average molecular weight is 266 g/mol. The number of hydrogen-bond donors (Lipinski definition) is 0. The Kier molecular flexibility index (Phi) is 6.36. The van der Waals surface area contributed by atoms with E-state index in [0.29, 0.717) is 24.5 Å². The predicted octanol–water partition coefficient (Wildman–Crippen LogP) is 3.15. The number of carbonyl (C=O) groups is 1. The molecule has 106 valence electrons. The van der Waals surface area contributed by atoms with Gasteiger partial charge in [0.1, 0.15) is 6.10 Å². The molecule has 4 nitrogen and oxygen atoms in total. The summed E-state index contributed by atoms with van der Waals surface area (Å²) >= 11 is 0. The quantitative estimate of drug-likeness (QED) is 0.725. The number of rotatable bonds is 8. The molecular formula is C15H22O4. The Morgan fingerprint density at radius 3 is 2.47 bits per heavy atom. The Hall–Kier alpha value is -1.55. The molecule has 0 aliphatic heterocycles. The van der Waals surface area contributed by atoms with Crippen molar-refractivity contribution in [3.05, 3.63) is 23.8 Å². The van der Waals surface area contributed by atoms with Gasteiger partial charge in [-0.25, -0.2) is 0 Å². The lowest BCUT2D eigenvalue weighted by atomic mass is 10.0. The molecule has 0 bridgehead atoms. The first-order valence-corrected chi connectivity index (χ1v) is 6.54. The van der Waals surface area contributed by atoms with Crippen LogP contribution < -0.4 is 9.47 Å². The zero-order valence-corrected chi connectivity index (χ0v) is 12.1. The van der Waals surface area contributed by atoms with E-state index in [2.05, 4.69) is 0 Å². The van der Waals surface area contributed by atoms with Crippen LogP contribution in [0.3, 0.4) is 0 Å². The Balaban J connectivity index is 3.18. The molecule has 1 rings (SSSR count). The average Bonchev–Trinajstić information content (AvgIpc) is 2.43. The van der Waals surface area contributed by atoms with Gasteiger partial charge in [0.25, 0.3) is 0 Å². The van der Waals surface area contributed by atoms with Crippen LogP contribution in [0.15, 0.2) is 18.2 Å². The first-order chi connectivity index (χ1) is 9.19. The van der Waals surface area contributed by atoms with Gasteiger partial charge in [-0.3, -0.25) is 4.79 Å². The van der Waals surface area contributed by atoms with Crippen molar-refractivity contribution in [3.8, 4) is 11.5 Å². The van der Waals surface area contributed by atoms with Crippen LogP contribution in [0.25, 0.3) is 0 Å². The summed E-state index contributed by atoms with van der Waals surface area (Å²) in [6.45, 7) is 4.32. The van der Waals surface area contributed by atoms with Crippen molar-refractivity contribution in [2.75, 3.05) is 20.8 Å². The van der Waals surface area contributed by atoms with Crippen LogP contribution in [0.4, 0.5) is 0 Å². The van der Waals surface area contributed by atoms with Crippen molar-refractivity contribution in [1.29, 1.82) is 0 Å². The van der Waals surface area contributed by atoms with Gasteiger partial charge < -0.3 is 14.2 Å². The van der Waals surface area contributed by atoms with Crippen LogP contribution in [-0.4, -0.2) is 26.6 Å². The van der Waals surface area contributed by atoms with Crippen LogP contribution in [0, 0.1) is 0 Å². The van der Waals surface area contributed by atoms with Crippen molar-refractivity contribution < 1.29 is 19.0 Å². The lowest BCUT2D eigenvalue weighted by molar-refractivity contribution is -0.130. The fourth-order valence-electron chi connectivity index (χ4n) is 2.02. The maximum atomic E-state index is 12.2. The second-order valence-electron chi connectivity index (χ2n) is 4.13. The van der Waals surface area contributed by atoms with E-state index >= 15 is 0 Å². The summed E-state index contributed by atoms with van der Waals surface area (Å²) in [5.74, 6) is 1.23. The summed E-state index contributed by atoms with van der Waals surface area (Å²) < 4.78 is 16.2. The summed E-state index contributed by atoms with van der Waals surface area (Å²) in [6.07, 6.45) is 0.703.